The third-order valence-corrected chi connectivity index (χ3v) is 6.65. The standard InChI is InChI=1S/C24H21N3O5S/c1-5-31-18-10-14(6-7-16(18)28)20-19-21(29)15-8-11(2)12(3)9-17(15)32-22(19)23(30)27(20)24-26-25-13(4)33-24/h6-10,20,28H,5H2,1-4H3. The Morgan fingerprint density at radius 2 is 1.88 bits per heavy atom. The Balaban J connectivity index is 1.81. The summed E-state index contributed by atoms with van der Waals surface area (Å²) in [6, 6.07) is 7.55. The number of hydrogen-bond donors (Lipinski definition) is 1. The van der Waals surface area contributed by atoms with Crippen molar-refractivity contribution in [3.05, 3.63) is 73.6 Å². The van der Waals surface area contributed by atoms with Crippen LogP contribution in [0, 0.1) is 20.8 Å². The van der Waals surface area contributed by atoms with E-state index in [4.69, 9.17) is 9.15 Å². The predicted molar refractivity (Wildman–Crippen MR) is 125 cm³/mol. The minimum absolute atomic E-state index is 0.0142. The lowest BCUT2D eigenvalue weighted by Crippen LogP contribution is -2.29. The Morgan fingerprint density at radius 1 is 1.12 bits per heavy atom. The topological polar surface area (TPSA) is 106 Å². The summed E-state index contributed by atoms with van der Waals surface area (Å²) >= 11 is 1.25. The van der Waals surface area contributed by atoms with Gasteiger partial charge in [-0.25, -0.2) is 0 Å². The number of benzene rings is 2. The van der Waals surface area contributed by atoms with Gasteiger partial charge in [0.25, 0.3) is 5.91 Å². The number of aryl methyl sites for hydroxylation is 3. The second-order valence-corrected chi connectivity index (χ2v) is 9.11. The summed E-state index contributed by atoms with van der Waals surface area (Å²) in [5, 5.41) is 19.9. The molecule has 33 heavy (non-hydrogen) atoms. The van der Waals surface area contributed by atoms with Gasteiger partial charge in [0.1, 0.15) is 10.6 Å². The van der Waals surface area contributed by atoms with Crippen molar-refractivity contribution in [1.82, 2.24) is 10.2 Å². The van der Waals surface area contributed by atoms with Crippen LogP contribution in [-0.4, -0.2) is 27.8 Å². The fourth-order valence-electron chi connectivity index (χ4n) is 4.10. The smallest absolute Gasteiger partial charge is 0.297 e. The van der Waals surface area contributed by atoms with E-state index in [1.807, 2.05) is 20.8 Å². The maximum Gasteiger partial charge on any atom is 0.297 e. The minimum Gasteiger partial charge on any atom is -0.504 e. The number of phenolic OH excluding ortho intramolecular Hbond substituents is 1. The van der Waals surface area contributed by atoms with Gasteiger partial charge in [0.05, 0.1) is 23.6 Å². The number of anilines is 1. The maximum atomic E-state index is 13.7. The van der Waals surface area contributed by atoms with Gasteiger partial charge in [0, 0.05) is 0 Å². The van der Waals surface area contributed by atoms with E-state index in [1.165, 1.54) is 22.3 Å². The highest BCUT2D eigenvalue weighted by Gasteiger charge is 2.45. The number of carbonyl (C=O) groups excluding carboxylic acids is 1. The monoisotopic (exact) mass is 463 g/mol. The zero-order valence-corrected chi connectivity index (χ0v) is 19.3. The van der Waals surface area contributed by atoms with E-state index >= 15 is 0 Å². The van der Waals surface area contributed by atoms with Crippen molar-refractivity contribution in [2.75, 3.05) is 11.5 Å². The first-order chi connectivity index (χ1) is 15.8. The van der Waals surface area contributed by atoms with Crippen LogP contribution >= 0.6 is 11.3 Å². The van der Waals surface area contributed by atoms with Crippen LogP contribution in [0.25, 0.3) is 11.0 Å². The van der Waals surface area contributed by atoms with Crippen molar-refractivity contribution in [1.29, 1.82) is 0 Å². The predicted octanol–water partition coefficient (Wildman–Crippen LogP) is 4.42. The molecule has 1 N–H and O–H groups in total. The number of nitrogens with zero attached hydrogens (tertiary/aromatic N) is 3. The molecule has 2 aromatic heterocycles. The molecule has 0 radical (unpaired) electrons. The van der Waals surface area contributed by atoms with Crippen molar-refractivity contribution < 1.29 is 19.1 Å². The lowest BCUT2D eigenvalue weighted by atomic mass is 9.97. The molecule has 1 amide bonds. The quantitative estimate of drug-likeness (QED) is 0.477. The van der Waals surface area contributed by atoms with E-state index in [-0.39, 0.29) is 28.3 Å². The molecule has 8 nitrogen and oxygen atoms in total. The molecule has 0 saturated carbocycles. The van der Waals surface area contributed by atoms with Crippen LogP contribution < -0.4 is 15.1 Å². The molecule has 2 aromatic carbocycles. The molecule has 1 unspecified atom stereocenters. The molecule has 168 valence electrons. The van der Waals surface area contributed by atoms with Gasteiger partial charge in [-0.15, -0.1) is 10.2 Å². The van der Waals surface area contributed by atoms with Crippen molar-refractivity contribution in [3.8, 4) is 11.5 Å². The van der Waals surface area contributed by atoms with Crippen molar-refractivity contribution >= 4 is 33.3 Å². The Kier molecular flexibility index (Phi) is 4.93. The highest BCUT2D eigenvalue weighted by molar-refractivity contribution is 7.15. The van der Waals surface area contributed by atoms with Gasteiger partial charge in [0.2, 0.25) is 10.9 Å². The van der Waals surface area contributed by atoms with E-state index in [9.17, 15) is 14.7 Å². The Bertz CT molecular complexity index is 1490. The number of rotatable bonds is 4. The maximum absolute atomic E-state index is 13.7. The summed E-state index contributed by atoms with van der Waals surface area (Å²) < 4.78 is 11.6. The van der Waals surface area contributed by atoms with Gasteiger partial charge in [-0.1, -0.05) is 17.4 Å². The summed E-state index contributed by atoms with van der Waals surface area (Å²) in [6.45, 7) is 7.80. The fraction of sp³-hybridized carbons (Fsp3) is 0.250. The number of amides is 1. The Hall–Kier alpha value is -3.72. The van der Waals surface area contributed by atoms with Gasteiger partial charge >= 0.3 is 0 Å². The number of phenols is 1. The highest BCUT2D eigenvalue weighted by Crippen LogP contribution is 2.43. The summed E-state index contributed by atoms with van der Waals surface area (Å²) in [4.78, 5) is 28.7. The lowest BCUT2D eigenvalue weighted by molar-refractivity contribution is 0.0970. The molecule has 0 fully saturated rings. The molecule has 0 bridgehead atoms. The lowest BCUT2D eigenvalue weighted by Gasteiger charge is -2.22. The van der Waals surface area contributed by atoms with Gasteiger partial charge in [-0.2, -0.15) is 0 Å². The number of aromatic hydroxyl groups is 1. The van der Waals surface area contributed by atoms with Gasteiger partial charge in [-0.3, -0.25) is 14.5 Å². The van der Waals surface area contributed by atoms with E-state index in [1.54, 1.807) is 31.2 Å². The second-order valence-electron chi connectivity index (χ2n) is 7.95. The van der Waals surface area contributed by atoms with E-state index in [2.05, 4.69) is 10.2 Å². The first-order valence-corrected chi connectivity index (χ1v) is 11.3. The molecule has 5 rings (SSSR count). The van der Waals surface area contributed by atoms with Crippen LogP contribution in [0.2, 0.25) is 0 Å². The largest absolute Gasteiger partial charge is 0.504 e. The van der Waals surface area contributed by atoms with Crippen molar-refractivity contribution in [2.24, 2.45) is 0 Å². The number of aromatic nitrogens is 2. The number of ether oxygens (including phenoxy) is 1. The molecule has 1 aliphatic rings. The van der Waals surface area contributed by atoms with Crippen LogP contribution in [0.5, 0.6) is 11.5 Å². The zero-order chi connectivity index (χ0) is 23.4. The summed E-state index contributed by atoms with van der Waals surface area (Å²) in [7, 11) is 0. The molecule has 9 heteroatoms. The molecule has 0 saturated heterocycles. The van der Waals surface area contributed by atoms with E-state index in [0.717, 1.165) is 11.1 Å². The average Bonchev–Trinajstić information content (AvgIpc) is 3.32. The molecular formula is C24H21N3O5S. The molecule has 3 heterocycles. The molecule has 1 aliphatic heterocycles. The second kappa shape index (κ2) is 7.70. The average molecular weight is 464 g/mol. The molecular weight excluding hydrogens is 442 g/mol. The van der Waals surface area contributed by atoms with Crippen LogP contribution in [0.1, 0.15) is 50.8 Å². The zero-order valence-electron chi connectivity index (χ0n) is 18.5. The highest BCUT2D eigenvalue weighted by atomic mass is 32.1. The molecule has 1 atom stereocenters. The van der Waals surface area contributed by atoms with Crippen molar-refractivity contribution in [2.45, 2.75) is 33.7 Å². The Labute approximate surface area is 193 Å². The van der Waals surface area contributed by atoms with Crippen LogP contribution in [0.15, 0.2) is 39.5 Å². The minimum atomic E-state index is -0.804. The molecule has 0 aliphatic carbocycles. The number of fused-ring (bicyclic) bond motifs is 2. The van der Waals surface area contributed by atoms with Gasteiger partial charge in [-0.05, 0) is 68.7 Å². The Morgan fingerprint density at radius 3 is 2.58 bits per heavy atom. The molecule has 0 spiro atoms. The van der Waals surface area contributed by atoms with Gasteiger partial charge in [0.15, 0.2) is 16.9 Å². The normalized spacial score (nSPS) is 15.3. The van der Waals surface area contributed by atoms with Crippen LogP contribution in [0.3, 0.4) is 0 Å². The first kappa shape index (κ1) is 21.1. The van der Waals surface area contributed by atoms with Crippen molar-refractivity contribution in [3.63, 3.8) is 0 Å². The summed E-state index contributed by atoms with van der Waals surface area (Å²) in [5.41, 5.74) is 2.83. The van der Waals surface area contributed by atoms with Gasteiger partial charge < -0.3 is 14.3 Å². The molecule has 4 aromatic rings. The summed E-state index contributed by atoms with van der Waals surface area (Å²) in [5.74, 6) is -0.241. The number of carbonyl (C=O) groups is 1. The third-order valence-electron chi connectivity index (χ3n) is 5.81. The summed E-state index contributed by atoms with van der Waals surface area (Å²) in [6.07, 6.45) is 0. The van der Waals surface area contributed by atoms with Crippen LogP contribution in [-0.2, 0) is 0 Å². The first-order valence-electron chi connectivity index (χ1n) is 10.5. The SMILES string of the molecule is CCOc1cc(C2c3c(oc4cc(C)c(C)cc4c3=O)C(=O)N2c2nnc(C)s2)ccc1O. The third kappa shape index (κ3) is 3.27. The number of hydrogen-bond acceptors (Lipinski definition) is 8. The van der Waals surface area contributed by atoms with E-state index < -0.39 is 11.9 Å². The fourth-order valence-corrected chi connectivity index (χ4v) is 4.81. The van der Waals surface area contributed by atoms with E-state index in [0.29, 0.717) is 33.3 Å². The van der Waals surface area contributed by atoms with Crippen LogP contribution in [0.4, 0.5) is 5.13 Å².